The third-order valence-corrected chi connectivity index (χ3v) is 9.48. The van der Waals surface area contributed by atoms with Crippen LogP contribution in [-0.2, 0) is 23.7 Å². The minimum Gasteiger partial charge on any atom is -0.505 e. The predicted octanol–water partition coefficient (Wildman–Crippen LogP) is 9.39. The third kappa shape index (κ3) is 7.29. The lowest BCUT2D eigenvalue weighted by Gasteiger charge is -2.34. The van der Waals surface area contributed by atoms with Gasteiger partial charge in [-0.05, 0) is 88.8 Å². The zero-order valence-electron chi connectivity index (χ0n) is 30.9. The first-order valence-electron chi connectivity index (χ1n) is 17.5. The smallest absolute Gasteiger partial charge is 0.146 e. The second-order valence-corrected chi connectivity index (χ2v) is 17.7. The van der Waals surface area contributed by atoms with Crippen LogP contribution in [0.1, 0.15) is 122 Å². The molecule has 6 rings (SSSR count). The van der Waals surface area contributed by atoms with Crippen molar-refractivity contribution in [1.29, 1.82) is 0 Å². The summed E-state index contributed by atoms with van der Waals surface area (Å²) < 4.78 is 0. The lowest BCUT2D eigenvalue weighted by molar-refractivity contribution is 0.283. The van der Waals surface area contributed by atoms with Crippen molar-refractivity contribution < 1.29 is 10.2 Å². The molecule has 8 nitrogen and oxygen atoms in total. The molecule has 0 fully saturated rings. The van der Waals surface area contributed by atoms with Crippen molar-refractivity contribution in [1.82, 2.24) is 30.0 Å². The van der Waals surface area contributed by atoms with E-state index >= 15 is 0 Å². The minimum absolute atomic E-state index is 0.0750. The van der Waals surface area contributed by atoms with Crippen molar-refractivity contribution in [2.75, 3.05) is 0 Å². The molecule has 0 saturated carbocycles. The van der Waals surface area contributed by atoms with Crippen molar-refractivity contribution in [3.8, 4) is 22.9 Å². The molecule has 0 aliphatic heterocycles. The van der Waals surface area contributed by atoms with Gasteiger partial charge in [-0.2, -0.15) is 5.10 Å². The molecule has 8 heteroatoms. The Morgan fingerprint density at radius 1 is 0.633 bits per heavy atom. The number of aromatic nitrogens is 6. The normalized spacial score (nSPS) is 14.1. The van der Waals surface area contributed by atoms with Crippen molar-refractivity contribution in [3.63, 3.8) is 0 Å². The second-order valence-electron chi connectivity index (χ2n) is 17.7. The number of nitrogens with zero attached hydrogens (tertiary/aromatic N) is 6. The van der Waals surface area contributed by atoms with Crippen LogP contribution in [0.5, 0.6) is 11.5 Å². The Morgan fingerprint density at radius 2 is 1.10 bits per heavy atom. The Hall–Kier alpha value is -4.46. The lowest BCUT2D eigenvalue weighted by Crippen LogP contribution is -2.25. The van der Waals surface area contributed by atoms with Crippen molar-refractivity contribution in [2.24, 2.45) is 10.8 Å². The molecule has 0 unspecified atom stereocenters. The van der Waals surface area contributed by atoms with E-state index in [1.165, 1.54) is 0 Å². The molecule has 0 bridgehead atoms. The summed E-state index contributed by atoms with van der Waals surface area (Å²) in [6.07, 6.45) is 8.00. The molecule has 0 amide bonds. The highest BCUT2D eigenvalue weighted by atomic mass is 16.3. The molecule has 3 aromatic carbocycles. The first kappa shape index (κ1) is 34.4. The third-order valence-electron chi connectivity index (χ3n) is 9.48. The van der Waals surface area contributed by atoms with Crippen LogP contribution in [0.4, 0.5) is 0 Å². The number of aromatic hydroxyl groups is 2. The van der Waals surface area contributed by atoms with Crippen LogP contribution in [0.15, 0.2) is 54.6 Å². The van der Waals surface area contributed by atoms with Crippen molar-refractivity contribution in [3.05, 3.63) is 88.2 Å². The standard InChI is InChI=1S/C41H52N6O2/c1-38(2,3)24-40(7,8)28-20-26(36(48)34(22-28)46-42-30-15-11-12-16-31(30)43-46)19-27-21-29(41(9,10)25-39(4,5)6)23-35(37(27)49)47-44-32-17-13-14-18-33(32)45-47/h11-13,15-17,20-23,48-49H,14,18-19,24-25H2,1-10H3. The average molecular weight is 661 g/mol. The van der Waals surface area contributed by atoms with E-state index in [9.17, 15) is 10.2 Å². The quantitative estimate of drug-likeness (QED) is 0.172. The maximum absolute atomic E-state index is 12.0. The van der Waals surface area contributed by atoms with E-state index in [0.717, 1.165) is 59.2 Å². The number of phenolic OH excluding ortho intramolecular Hbond substituents is 2. The van der Waals surface area contributed by atoms with E-state index in [0.29, 0.717) is 22.5 Å². The predicted molar refractivity (Wildman–Crippen MR) is 198 cm³/mol. The van der Waals surface area contributed by atoms with E-state index in [4.69, 9.17) is 20.4 Å². The van der Waals surface area contributed by atoms with E-state index in [1.807, 2.05) is 42.5 Å². The van der Waals surface area contributed by atoms with Gasteiger partial charge in [0, 0.05) is 17.5 Å². The zero-order valence-corrected chi connectivity index (χ0v) is 30.9. The molecule has 2 heterocycles. The molecular formula is C41H52N6O2. The molecule has 1 aliphatic rings. The van der Waals surface area contributed by atoms with Crippen LogP contribution >= 0.6 is 0 Å². The summed E-state index contributed by atoms with van der Waals surface area (Å²) >= 11 is 0. The molecule has 0 radical (unpaired) electrons. The Kier molecular flexibility index (Phi) is 8.53. The van der Waals surface area contributed by atoms with E-state index in [-0.39, 0.29) is 39.6 Å². The summed E-state index contributed by atoms with van der Waals surface area (Å²) in [4.78, 5) is 3.13. The van der Waals surface area contributed by atoms with Gasteiger partial charge in [0.1, 0.15) is 39.6 Å². The number of allylic oxidation sites excluding steroid dienone is 1. The van der Waals surface area contributed by atoms with Crippen LogP contribution in [0.25, 0.3) is 28.5 Å². The Balaban J connectivity index is 1.54. The summed E-state index contributed by atoms with van der Waals surface area (Å²) in [5, 5.41) is 43.1. The van der Waals surface area contributed by atoms with Gasteiger partial charge < -0.3 is 10.2 Å². The van der Waals surface area contributed by atoms with E-state index in [1.54, 1.807) is 9.59 Å². The van der Waals surface area contributed by atoms with Crippen LogP contribution in [0.2, 0.25) is 0 Å². The molecule has 2 aromatic heterocycles. The summed E-state index contributed by atoms with van der Waals surface area (Å²) in [5.74, 6) is 0.198. The Labute approximate surface area is 290 Å². The van der Waals surface area contributed by atoms with Gasteiger partial charge in [0.05, 0.1) is 5.69 Å². The fourth-order valence-corrected chi connectivity index (χ4v) is 7.92. The number of hydrogen-bond acceptors (Lipinski definition) is 6. The van der Waals surface area contributed by atoms with Crippen LogP contribution in [0, 0.1) is 10.8 Å². The van der Waals surface area contributed by atoms with E-state index in [2.05, 4.69) is 87.4 Å². The minimum atomic E-state index is -0.225. The highest BCUT2D eigenvalue weighted by molar-refractivity contribution is 5.74. The molecular weight excluding hydrogens is 608 g/mol. The first-order chi connectivity index (χ1) is 22.8. The van der Waals surface area contributed by atoms with Gasteiger partial charge in [-0.1, -0.05) is 99.6 Å². The topological polar surface area (TPSA) is 102 Å². The lowest BCUT2D eigenvalue weighted by atomic mass is 9.71. The molecule has 1 aliphatic carbocycles. The fourth-order valence-electron chi connectivity index (χ4n) is 7.92. The molecule has 5 aromatic rings. The SMILES string of the molecule is CC(C)(C)CC(C)(C)c1cc(Cc2cc(C(C)(C)CC(C)(C)C)cc(-n3nc4ccccc4n3)c2O)c(O)c(-n2nc3c(n2)CCC=C3)c1. The van der Waals surface area contributed by atoms with Gasteiger partial charge in [0.15, 0.2) is 0 Å². The monoisotopic (exact) mass is 660 g/mol. The number of aryl methyl sites for hydroxylation is 1. The molecule has 258 valence electrons. The fraction of sp³-hybridized carbons (Fsp3) is 0.463. The summed E-state index contributed by atoms with van der Waals surface area (Å²) in [6.45, 7) is 22.5. The average Bonchev–Trinajstić information content (AvgIpc) is 3.61. The van der Waals surface area contributed by atoms with Gasteiger partial charge in [-0.25, -0.2) is 0 Å². The Bertz CT molecular complexity index is 2020. The summed E-state index contributed by atoms with van der Waals surface area (Å²) in [7, 11) is 0. The highest BCUT2D eigenvalue weighted by Crippen LogP contribution is 2.43. The highest BCUT2D eigenvalue weighted by Gasteiger charge is 2.32. The van der Waals surface area contributed by atoms with Gasteiger partial charge in [-0.3, -0.25) is 0 Å². The van der Waals surface area contributed by atoms with Crippen molar-refractivity contribution >= 4 is 17.1 Å². The van der Waals surface area contributed by atoms with Crippen LogP contribution in [-0.4, -0.2) is 40.2 Å². The van der Waals surface area contributed by atoms with Crippen LogP contribution < -0.4 is 0 Å². The number of phenols is 2. The zero-order chi connectivity index (χ0) is 35.5. The van der Waals surface area contributed by atoms with Crippen molar-refractivity contribution in [2.45, 2.75) is 112 Å². The number of rotatable bonds is 8. The number of fused-ring (bicyclic) bond motifs is 2. The first-order valence-corrected chi connectivity index (χ1v) is 17.5. The molecule has 0 atom stereocenters. The maximum atomic E-state index is 12.0. The van der Waals surface area contributed by atoms with Gasteiger partial charge in [0.2, 0.25) is 0 Å². The second kappa shape index (κ2) is 12.1. The largest absolute Gasteiger partial charge is 0.505 e. The van der Waals surface area contributed by atoms with Crippen LogP contribution in [0.3, 0.4) is 0 Å². The molecule has 2 N–H and O–H groups in total. The molecule has 0 saturated heterocycles. The number of hydrogen-bond donors (Lipinski definition) is 2. The van der Waals surface area contributed by atoms with Gasteiger partial charge in [0.25, 0.3) is 0 Å². The summed E-state index contributed by atoms with van der Waals surface area (Å²) in [5.41, 5.74) is 7.59. The van der Waals surface area contributed by atoms with Gasteiger partial charge >= 0.3 is 0 Å². The van der Waals surface area contributed by atoms with Gasteiger partial charge in [-0.15, -0.1) is 24.9 Å². The summed E-state index contributed by atoms with van der Waals surface area (Å²) in [6, 6.07) is 16.0. The maximum Gasteiger partial charge on any atom is 0.146 e. The van der Waals surface area contributed by atoms with E-state index < -0.39 is 0 Å². The molecule has 49 heavy (non-hydrogen) atoms. The number of benzene rings is 3. The Morgan fingerprint density at radius 3 is 1.55 bits per heavy atom. The molecule has 0 spiro atoms.